The van der Waals surface area contributed by atoms with Gasteiger partial charge in [0.1, 0.15) is 6.04 Å². The van der Waals surface area contributed by atoms with Crippen molar-refractivity contribution < 1.29 is 10.1 Å². The smallest absolute Gasteiger partial charge is 0.279 e. The van der Waals surface area contributed by atoms with E-state index in [2.05, 4.69) is 68.7 Å². The minimum absolute atomic E-state index is 0.0329. The van der Waals surface area contributed by atoms with Crippen LogP contribution in [0.15, 0.2) is 53.4 Å². The highest BCUT2D eigenvalue weighted by molar-refractivity contribution is 7.99. The molecule has 0 saturated carbocycles. The highest BCUT2D eigenvalue weighted by atomic mass is 32.2. The summed E-state index contributed by atoms with van der Waals surface area (Å²) in [6.45, 7) is 9.11. The number of nitriles is 1. The third-order valence-electron chi connectivity index (χ3n) is 4.72. The molecule has 0 aromatic heterocycles. The number of thioether (sulfide) groups is 1. The Morgan fingerprint density at radius 3 is 2.32 bits per heavy atom. The summed E-state index contributed by atoms with van der Waals surface area (Å²) >= 11 is 1.43. The Morgan fingerprint density at radius 2 is 1.71 bits per heavy atom. The van der Waals surface area contributed by atoms with E-state index in [1.807, 2.05) is 24.3 Å². The van der Waals surface area contributed by atoms with Gasteiger partial charge in [-0.15, -0.1) is 11.8 Å². The molecule has 3 N–H and O–H groups in total. The van der Waals surface area contributed by atoms with Crippen molar-refractivity contribution in [1.29, 1.82) is 5.26 Å². The predicted molar refractivity (Wildman–Crippen MR) is 116 cm³/mol. The number of anilines is 1. The monoisotopic (exact) mass is 396 g/mol. The first-order valence-corrected chi connectivity index (χ1v) is 10.7. The molecule has 28 heavy (non-hydrogen) atoms. The number of carbonyl (C=O) groups is 1. The Kier molecular flexibility index (Phi) is 8.56. The van der Waals surface area contributed by atoms with Crippen LogP contribution >= 0.6 is 11.8 Å². The highest BCUT2D eigenvalue weighted by Crippen LogP contribution is 2.26. The van der Waals surface area contributed by atoms with Crippen molar-refractivity contribution >= 4 is 23.4 Å². The second-order valence-electron chi connectivity index (χ2n) is 7.52. The average molecular weight is 397 g/mol. The van der Waals surface area contributed by atoms with Crippen LogP contribution in [0, 0.1) is 17.2 Å². The lowest BCUT2D eigenvalue weighted by Gasteiger charge is -2.20. The average Bonchev–Trinajstić information content (AvgIpc) is 2.67. The molecule has 0 aliphatic rings. The maximum Gasteiger partial charge on any atom is 0.279 e. The van der Waals surface area contributed by atoms with Crippen LogP contribution in [-0.2, 0) is 4.79 Å². The Morgan fingerprint density at radius 1 is 1.07 bits per heavy atom. The van der Waals surface area contributed by atoms with Gasteiger partial charge in [0.2, 0.25) is 0 Å². The number of nitrogens with one attached hydrogen (secondary N) is 1. The number of rotatable bonds is 9. The summed E-state index contributed by atoms with van der Waals surface area (Å²) in [6.07, 6.45) is 0. The predicted octanol–water partition coefficient (Wildman–Crippen LogP) is 4.32. The fourth-order valence-corrected chi connectivity index (χ4v) is 3.81. The number of nitrogens with zero attached hydrogens (tertiary/aromatic N) is 1. The summed E-state index contributed by atoms with van der Waals surface area (Å²) in [5.74, 6) is 1.26. The van der Waals surface area contributed by atoms with E-state index in [0.717, 1.165) is 10.6 Å². The van der Waals surface area contributed by atoms with Gasteiger partial charge >= 0.3 is 0 Å². The van der Waals surface area contributed by atoms with Gasteiger partial charge in [-0.3, -0.25) is 4.79 Å². The van der Waals surface area contributed by atoms with E-state index in [4.69, 9.17) is 5.26 Å². The topological polar surface area (TPSA) is 69.5 Å². The molecule has 1 atom stereocenters. The van der Waals surface area contributed by atoms with Crippen LogP contribution in [0.5, 0.6) is 0 Å². The fourth-order valence-electron chi connectivity index (χ4n) is 3.14. The molecule has 0 aliphatic heterocycles. The molecule has 0 bridgehead atoms. The van der Waals surface area contributed by atoms with E-state index in [1.54, 1.807) is 0 Å². The standard InChI is InChI=1S/C23H29N3OS/c1-16(2)18-9-11-19(12-10-18)23(17(3)4)25-15-22(27)26-20-7-5-6-8-21(20)28-14-13-24/h5-12,16-17,23,25H,14-15H2,1-4H3,(H,26,27)/p+1/t23-/m1/s1. The molecule has 0 fully saturated rings. The second kappa shape index (κ2) is 10.9. The molecule has 0 spiro atoms. The van der Waals surface area contributed by atoms with E-state index >= 15 is 0 Å². The van der Waals surface area contributed by atoms with E-state index in [1.165, 1.54) is 22.9 Å². The molecule has 4 nitrogen and oxygen atoms in total. The van der Waals surface area contributed by atoms with Crippen LogP contribution in [0.25, 0.3) is 0 Å². The summed E-state index contributed by atoms with van der Waals surface area (Å²) in [4.78, 5) is 13.4. The van der Waals surface area contributed by atoms with Gasteiger partial charge in [-0.2, -0.15) is 5.26 Å². The third-order valence-corrected chi connectivity index (χ3v) is 5.66. The third kappa shape index (κ3) is 6.40. The van der Waals surface area contributed by atoms with Crippen LogP contribution in [0.1, 0.15) is 50.8 Å². The summed E-state index contributed by atoms with van der Waals surface area (Å²) in [5, 5.41) is 13.9. The minimum atomic E-state index is -0.0329. The lowest BCUT2D eigenvalue weighted by Crippen LogP contribution is -2.88. The maximum atomic E-state index is 12.5. The largest absolute Gasteiger partial charge is 0.332 e. The van der Waals surface area contributed by atoms with Crippen molar-refractivity contribution in [2.45, 2.75) is 44.6 Å². The van der Waals surface area contributed by atoms with Gasteiger partial charge in [0.15, 0.2) is 6.54 Å². The Hall–Kier alpha value is -2.29. The maximum absolute atomic E-state index is 12.5. The first kappa shape index (κ1) is 22.0. The van der Waals surface area contributed by atoms with Gasteiger partial charge in [0, 0.05) is 16.4 Å². The summed E-state index contributed by atoms with van der Waals surface area (Å²) in [7, 11) is 0. The summed E-state index contributed by atoms with van der Waals surface area (Å²) in [6, 6.07) is 18.7. The zero-order chi connectivity index (χ0) is 20.5. The number of carbonyl (C=O) groups excluding carboxylic acids is 1. The summed E-state index contributed by atoms with van der Waals surface area (Å²) in [5.41, 5.74) is 3.34. The molecule has 0 aliphatic carbocycles. The molecule has 2 rings (SSSR count). The van der Waals surface area contributed by atoms with E-state index in [9.17, 15) is 4.79 Å². The van der Waals surface area contributed by atoms with Crippen molar-refractivity contribution in [3.05, 3.63) is 59.7 Å². The van der Waals surface area contributed by atoms with Crippen molar-refractivity contribution in [1.82, 2.24) is 0 Å². The molecule has 5 heteroatoms. The van der Waals surface area contributed by atoms with Gasteiger partial charge in [-0.1, -0.05) is 64.1 Å². The van der Waals surface area contributed by atoms with Crippen molar-refractivity contribution in [2.24, 2.45) is 5.92 Å². The van der Waals surface area contributed by atoms with E-state index < -0.39 is 0 Å². The molecule has 1 amide bonds. The molecular formula is C23H30N3OS+. The van der Waals surface area contributed by atoms with Crippen LogP contribution in [0.3, 0.4) is 0 Å². The van der Waals surface area contributed by atoms with Gasteiger partial charge in [-0.05, 0) is 23.6 Å². The molecule has 2 aromatic carbocycles. The first-order chi connectivity index (χ1) is 13.4. The zero-order valence-corrected chi connectivity index (χ0v) is 17.9. The normalized spacial score (nSPS) is 12.0. The Balaban J connectivity index is 2.00. The fraction of sp³-hybridized carbons (Fsp3) is 0.391. The van der Waals surface area contributed by atoms with Crippen molar-refractivity contribution in [3.63, 3.8) is 0 Å². The number of nitrogens with two attached hydrogens (primary N) is 1. The minimum Gasteiger partial charge on any atom is -0.332 e. The molecule has 0 unspecified atom stereocenters. The van der Waals surface area contributed by atoms with E-state index in [0.29, 0.717) is 24.1 Å². The van der Waals surface area contributed by atoms with Gasteiger partial charge in [-0.25, -0.2) is 0 Å². The number of amides is 1. The number of para-hydroxylation sites is 1. The van der Waals surface area contributed by atoms with E-state index in [-0.39, 0.29) is 11.9 Å². The molecular weight excluding hydrogens is 366 g/mol. The van der Waals surface area contributed by atoms with Gasteiger partial charge in [0.05, 0.1) is 17.5 Å². The van der Waals surface area contributed by atoms with Crippen LogP contribution in [-0.4, -0.2) is 18.2 Å². The van der Waals surface area contributed by atoms with Crippen LogP contribution in [0.4, 0.5) is 5.69 Å². The van der Waals surface area contributed by atoms with Crippen molar-refractivity contribution in [3.8, 4) is 6.07 Å². The lowest BCUT2D eigenvalue weighted by molar-refractivity contribution is -0.692. The molecule has 148 valence electrons. The Bertz CT molecular complexity index is 809. The molecule has 0 saturated heterocycles. The van der Waals surface area contributed by atoms with Gasteiger partial charge < -0.3 is 10.6 Å². The van der Waals surface area contributed by atoms with Crippen molar-refractivity contribution in [2.75, 3.05) is 17.6 Å². The van der Waals surface area contributed by atoms with Crippen LogP contribution in [0.2, 0.25) is 0 Å². The molecule has 0 radical (unpaired) electrons. The lowest BCUT2D eigenvalue weighted by atomic mass is 9.93. The molecule has 2 aromatic rings. The Labute approximate surface area is 172 Å². The number of hydrogen-bond acceptors (Lipinski definition) is 3. The number of quaternary nitrogens is 1. The quantitative estimate of drug-likeness (QED) is 0.620. The molecule has 0 heterocycles. The zero-order valence-electron chi connectivity index (χ0n) is 17.1. The number of hydrogen-bond donors (Lipinski definition) is 2. The van der Waals surface area contributed by atoms with Crippen LogP contribution < -0.4 is 10.6 Å². The first-order valence-electron chi connectivity index (χ1n) is 9.74. The summed E-state index contributed by atoms with van der Waals surface area (Å²) < 4.78 is 0. The number of benzene rings is 2. The second-order valence-corrected chi connectivity index (χ2v) is 8.54. The SMILES string of the molecule is CC(C)c1ccc([C@H]([NH2+]CC(=O)Nc2ccccc2SCC#N)C(C)C)cc1. The highest BCUT2D eigenvalue weighted by Gasteiger charge is 2.21. The van der Waals surface area contributed by atoms with Gasteiger partial charge in [0.25, 0.3) is 5.91 Å².